The molecule has 35 heavy (non-hydrogen) atoms. The maximum Gasteiger partial charge on any atom is 0.673 e. The average molecular weight is 477 g/mol. The SMILES string of the molecule is CCC(C)[n+]1c(-c2ccccc2)cc(-c2ccccc2)c2c1-c1ccccc1CC2.F[B-](F)(F)F. The molecule has 1 nitrogen and oxygen atoms in total. The van der Waals surface area contributed by atoms with Crippen molar-refractivity contribution in [2.24, 2.45) is 0 Å². The number of aromatic nitrogens is 1. The number of fused-ring (bicyclic) bond motifs is 3. The molecule has 1 aliphatic carbocycles. The summed E-state index contributed by atoms with van der Waals surface area (Å²) >= 11 is 0. The smallest absolute Gasteiger partial charge is 0.418 e. The monoisotopic (exact) mass is 477 g/mol. The van der Waals surface area contributed by atoms with Gasteiger partial charge in [-0.3, -0.25) is 0 Å². The van der Waals surface area contributed by atoms with Gasteiger partial charge in [0.15, 0.2) is 6.04 Å². The number of rotatable bonds is 4. The molecule has 0 amide bonds. The molecule has 180 valence electrons. The molecule has 0 saturated carbocycles. The van der Waals surface area contributed by atoms with E-state index in [2.05, 4.69) is 109 Å². The first-order valence-electron chi connectivity index (χ1n) is 12.0. The van der Waals surface area contributed by atoms with Crippen LogP contribution >= 0.6 is 0 Å². The van der Waals surface area contributed by atoms with Crippen LogP contribution < -0.4 is 4.57 Å². The van der Waals surface area contributed by atoms with Gasteiger partial charge in [0.1, 0.15) is 0 Å². The Morgan fingerprint density at radius 1 is 0.743 bits per heavy atom. The summed E-state index contributed by atoms with van der Waals surface area (Å²) in [6, 6.07) is 33.6. The lowest BCUT2D eigenvalue weighted by Gasteiger charge is -2.25. The zero-order chi connectivity index (χ0) is 25.0. The molecule has 1 aromatic heterocycles. The van der Waals surface area contributed by atoms with Crippen LogP contribution in [0.1, 0.15) is 37.4 Å². The Labute approximate surface area is 204 Å². The third-order valence-electron chi connectivity index (χ3n) is 6.50. The Bertz CT molecular complexity index is 1280. The van der Waals surface area contributed by atoms with Crippen LogP contribution in [0.3, 0.4) is 0 Å². The van der Waals surface area contributed by atoms with E-state index < -0.39 is 7.25 Å². The molecule has 0 radical (unpaired) electrons. The van der Waals surface area contributed by atoms with E-state index in [4.69, 9.17) is 0 Å². The molecule has 1 unspecified atom stereocenters. The van der Waals surface area contributed by atoms with E-state index in [-0.39, 0.29) is 0 Å². The highest BCUT2D eigenvalue weighted by molar-refractivity contribution is 6.50. The number of aryl methyl sites for hydroxylation is 1. The van der Waals surface area contributed by atoms with Crippen LogP contribution in [0.5, 0.6) is 0 Å². The molecule has 4 aromatic rings. The number of hydrogen-bond donors (Lipinski definition) is 0. The first-order chi connectivity index (χ1) is 16.8. The van der Waals surface area contributed by atoms with Crippen LogP contribution in [0.4, 0.5) is 17.3 Å². The third kappa shape index (κ3) is 5.64. The van der Waals surface area contributed by atoms with Gasteiger partial charge >= 0.3 is 7.25 Å². The number of pyridine rings is 1. The molecule has 1 atom stereocenters. The van der Waals surface area contributed by atoms with Crippen molar-refractivity contribution in [3.63, 3.8) is 0 Å². The van der Waals surface area contributed by atoms with Crippen LogP contribution in [-0.4, -0.2) is 7.25 Å². The van der Waals surface area contributed by atoms with Crippen molar-refractivity contribution in [3.05, 3.63) is 102 Å². The van der Waals surface area contributed by atoms with E-state index in [0.717, 1.165) is 19.3 Å². The van der Waals surface area contributed by atoms with Crippen molar-refractivity contribution in [2.75, 3.05) is 0 Å². The fraction of sp³-hybridized carbons (Fsp3) is 0.207. The maximum atomic E-state index is 9.75. The minimum Gasteiger partial charge on any atom is -0.418 e. The van der Waals surface area contributed by atoms with Crippen LogP contribution in [-0.2, 0) is 12.8 Å². The first-order valence-corrected chi connectivity index (χ1v) is 12.0. The van der Waals surface area contributed by atoms with Crippen molar-refractivity contribution < 1.29 is 21.8 Å². The number of benzene rings is 3. The average Bonchev–Trinajstić information content (AvgIpc) is 2.87. The fourth-order valence-electron chi connectivity index (χ4n) is 4.81. The van der Waals surface area contributed by atoms with Gasteiger partial charge in [-0.1, -0.05) is 73.7 Å². The van der Waals surface area contributed by atoms with Gasteiger partial charge < -0.3 is 17.3 Å². The summed E-state index contributed by atoms with van der Waals surface area (Å²) in [7, 11) is -6.00. The topological polar surface area (TPSA) is 3.88 Å². The summed E-state index contributed by atoms with van der Waals surface area (Å²) in [6.07, 6.45) is 3.29. The van der Waals surface area contributed by atoms with E-state index in [1.165, 1.54) is 44.8 Å². The number of nitrogens with zero attached hydrogens (tertiary/aromatic N) is 1. The first kappa shape index (κ1) is 24.7. The molecule has 6 heteroatoms. The normalized spacial score (nSPS) is 13.2. The quantitative estimate of drug-likeness (QED) is 0.158. The summed E-state index contributed by atoms with van der Waals surface area (Å²) in [5, 5.41) is 0. The number of hydrogen-bond acceptors (Lipinski definition) is 0. The van der Waals surface area contributed by atoms with Gasteiger partial charge in [0.25, 0.3) is 0 Å². The highest BCUT2D eigenvalue weighted by atomic mass is 19.5. The van der Waals surface area contributed by atoms with E-state index in [0.29, 0.717) is 6.04 Å². The standard InChI is InChI=1S/C29H28N.BF4/c1-3-21(2)30-28(24-15-8-5-9-16-24)20-27(22-12-6-4-7-13-22)26-19-18-23-14-10-11-17-25(23)29(26)30;2-1(3,4)5/h4-17,20-21H,3,18-19H2,1-2H3;/q+1;-1. The molecule has 0 spiro atoms. The Balaban J connectivity index is 0.000000527. The molecular formula is C29H28BF4N. The second-order valence-electron chi connectivity index (χ2n) is 8.78. The Morgan fingerprint density at radius 3 is 1.89 bits per heavy atom. The Hall–Kier alpha value is -3.41. The molecule has 0 N–H and O–H groups in total. The molecule has 0 fully saturated rings. The zero-order valence-electron chi connectivity index (χ0n) is 19.9. The maximum absolute atomic E-state index is 9.75. The summed E-state index contributed by atoms with van der Waals surface area (Å²) in [5.41, 5.74) is 11.0. The van der Waals surface area contributed by atoms with Crippen LogP contribution in [0.2, 0.25) is 0 Å². The van der Waals surface area contributed by atoms with Crippen LogP contribution in [0.25, 0.3) is 33.6 Å². The number of halogens is 4. The van der Waals surface area contributed by atoms with E-state index >= 15 is 0 Å². The second-order valence-corrected chi connectivity index (χ2v) is 8.78. The van der Waals surface area contributed by atoms with Gasteiger partial charge in [-0.05, 0) is 54.7 Å². The van der Waals surface area contributed by atoms with Crippen molar-refractivity contribution >= 4 is 7.25 Å². The Kier molecular flexibility index (Phi) is 7.39. The van der Waals surface area contributed by atoms with Crippen molar-refractivity contribution in [2.45, 2.75) is 39.2 Å². The van der Waals surface area contributed by atoms with E-state index in [1.807, 2.05) is 0 Å². The molecular weight excluding hydrogens is 449 g/mol. The van der Waals surface area contributed by atoms with Crippen molar-refractivity contribution in [3.8, 4) is 33.6 Å². The van der Waals surface area contributed by atoms with Gasteiger partial charge in [-0.25, -0.2) is 0 Å². The predicted octanol–water partition coefficient (Wildman–Crippen LogP) is 8.34. The molecule has 1 aliphatic rings. The largest absolute Gasteiger partial charge is 0.673 e. The van der Waals surface area contributed by atoms with Gasteiger partial charge in [0.2, 0.25) is 11.4 Å². The van der Waals surface area contributed by atoms with E-state index in [9.17, 15) is 17.3 Å². The lowest BCUT2D eigenvalue weighted by atomic mass is 9.83. The summed E-state index contributed by atoms with van der Waals surface area (Å²) in [5.74, 6) is 0. The molecule has 5 rings (SSSR count). The highest BCUT2D eigenvalue weighted by Crippen LogP contribution is 2.40. The van der Waals surface area contributed by atoms with Gasteiger partial charge in [-0.2, -0.15) is 4.57 Å². The minimum absolute atomic E-state index is 0.421. The second kappa shape index (κ2) is 10.5. The van der Waals surface area contributed by atoms with Gasteiger partial charge in [-0.15, -0.1) is 0 Å². The van der Waals surface area contributed by atoms with Crippen molar-refractivity contribution in [1.29, 1.82) is 0 Å². The van der Waals surface area contributed by atoms with Crippen LogP contribution in [0.15, 0.2) is 91.0 Å². The lowest BCUT2D eigenvalue weighted by molar-refractivity contribution is -0.699. The summed E-state index contributed by atoms with van der Waals surface area (Å²) in [6.45, 7) is 4.64. The van der Waals surface area contributed by atoms with Crippen LogP contribution in [0, 0.1) is 0 Å². The summed E-state index contributed by atoms with van der Waals surface area (Å²) in [4.78, 5) is 0. The zero-order valence-corrected chi connectivity index (χ0v) is 19.9. The molecule has 1 heterocycles. The summed E-state index contributed by atoms with van der Waals surface area (Å²) < 4.78 is 41.6. The Morgan fingerprint density at radius 2 is 1.29 bits per heavy atom. The molecule has 0 bridgehead atoms. The lowest BCUT2D eigenvalue weighted by Crippen LogP contribution is -2.44. The van der Waals surface area contributed by atoms with Gasteiger partial charge in [0, 0.05) is 29.2 Å². The molecule has 0 saturated heterocycles. The van der Waals surface area contributed by atoms with Crippen molar-refractivity contribution in [1.82, 2.24) is 0 Å². The molecule has 3 aromatic carbocycles. The predicted molar refractivity (Wildman–Crippen MR) is 136 cm³/mol. The molecule has 0 aliphatic heterocycles. The highest BCUT2D eigenvalue weighted by Gasteiger charge is 2.33. The minimum atomic E-state index is -6.00. The fourth-order valence-corrected chi connectivity index (χ4v) is 4.81. The third-order valence-corrected chi connectivity index (χ3v) is 6.50. The van der Waals surface area contributed by atoms with E-state index in [1.54, 1.807) is 0 Å². The van der Waals surface area contributed by atoms with Gasteiger partial charge in [0.05, 0.1) is 0 Å².